The predicted octanol–water partition coefficient (Wildman–Crippen LogP) is 2.25. The minimum absolute atomic E-state index is 0.0275. The fourth-order valence-electron chi connectivity index (χ4n) is 3.41. The highest BCUT2D eigenvalue weighted by Gasteiger charge is 2.43. The van der Waals surface area contributed by atoms with Crippen molar-refractivity contribution in [1.82, 2.24) is 15.2 Å². The van der Waals surface area contributed by atoms with Crippen LogP contribution in [0.4, 0.5) is 13.2 Å². The number of aromatic nitrogens is 1. The van der Waals surface area contributed by atoms with Crippen LogP contribution in [-0.4, -0.2) is 41.0 Å². The maximum Gasteiger partial charge on any atom is 0.471 e. The van der Waals surface area contributed by atoms with Crippen LogP contribution < -0.4 is 10.9 Å². The molecule has 2 amide bonds. The first-order valence-electron chi connectivity index (χ1n) is 8.92. The lowest BCUT2D eigenvalue weighted by Gasteiger charge is -2.31. The molecule has 9 heteroatoms. The molecule has 0 unspecified atom stereocenters. The second kappa shape index (κ2) is 7.65. The Hall–Kier alpha value is -2.84. The maximum absolute atomic E-state index is 12.5. The number of benzene rings is 1. The van der Waals surface area contributed by atoms with Crippen LogP contribution in [0, 0.1) is 12.8 Å². The lowest BCUT2D eigenvalue weighted by atomic mass is 9.95. The highest BCUT2D eigenvalue weighted by molar-refractivity contribution is 5.83. The first-order valence-corrected chi connectivity index (χ1v) is 8.92. The van der Waals surface area contributed by atoms with Crippen molar-refractivity contribution in [1.29, 1.82) is 0 Å². The molecule has 0 bridgehead atoms. The number of likely N-dealkylation sites (tertiary alicyclic amines) is 1. The number of piperidine rings is 1. The molecule has 0 saturated carbocycles. The second-order valence-corrected chi connectivity index (χ2v) is 6.94. The van der Waals surface area contributed by atoms with Gasteiger partial charge in [0.2, 0.25) is 5.91 Å². The first kappa shape index (κ1) is 19.9. The van der Waals surface area contributed by atoms with Crippen LogP contribution in [0.2, 0.25) is 0 Å². The number of aromatic amines is 1. The summed E-state index contributed by atoms with van der Waals surface area (Å²) in [6, 6.07) is 7.33. The normalized spacial score (nSPS) is 15.6. The summed E-state index contributed by atoms with van der Waals surface area (Å²) in [4.78, 5) is 39.3. The van der Waals surface area contributed by atoms with E-state index >= 15 is 0 Å². The summed E-state index contributed by atoms with van der Waals surface area (Å²) in [6.45, 7) is 1.67. The van der Waals surface area contributed by atoms with Gasteiger partial charge in [0.25, 0.3) is 5.56 Å². The van der Waals surface area contributed by atoms with Crippen LogP contribution in [0.1, 0.15) is 24.0 Å². The molecule has 2 N–H and O–H groups in total. The van der Waals surface area contributed by atoms with Gasteiger partial charge >= 0.3 is 12.1 Å². The van der Waals surface area contributed by atoms with Crippen molar-refractivity contribution >= 4 is 22.7 Å². The van der Waals surface area contributed by atoms with E-state index in [1.54, 1.807) is 6.07 Å². The van der Waals surface area contributed by atoms with E-state index < -0.39 is 18.0 Å². The van der Waals surface area contributed by atoms with E-state index in [2.05, 4.69) is 10.3 Å². The lowest BCUT2D eigenvalue weighted by Crippen LogP contribution is -2.47. The Morgan fingerprint density at radius 3 is 2.57 bits per heavy atom. The summed E-state index contributed by atoms with van der Waals surface area (Å²) >= 11 is 0. The highest BCUT2D eigenvalue weighted by atomic mass is 19.4. The number of hydrogen-bond donors (Lipinski definition) is 2. The number of aryl methyl sites for hydroxylation is 1. The molecule has 0 spiro atoms. The Morgan fingerprint density at radius 1 is 1.25 bits per heavy atom. The minimum atomic E-state index is -4.90. The number of hydrogen-bond acceptors (Lipinski definition) is 3. The molecular formula is C19H20F3N3O3. The number of carbonyl (C=O) groups excluding carboxylic acids is 2. The standard InChI is InChI=1S/C19H20F3N3O3/c1-11-3-2-4-13-9-14(17(27)24-15(11)13)10-23-16(26)12-5-7-25(8-6-12)18(28)19(20,21)22/h2-4,9,12H,5-8,10H2,1H3,(H,23,26)(H,24,27). The average molecular weight is 395 g/mol. The molecule has 1 aliphatic heterocycles. The van der Waals surface area contributed by atoms with E-state index in [0.717, 1.165) is 21.4 Å². The molecule has 28 heavy (non-hydrogen) atoms. The third kappa shape index (κ3) is 4.18. The van der Waals surface area contributed by atoms with Gasteiger partial charge in [-0.25, -0.2) is 0 Å². The minimum Gasteiger partial charge on any atom is -0.352 e. The van der Waals surface area contributed by atoms with Crippen molar-refractivity contribution in [2.45, 2.75) is 32.5 Å². The number of halogens is 3. The molecule has 1 aliphatic rings. The number of rotatable bonds is 3. The molecule has 0 aliphatic carbocycles. The molecule has 1 aromatic heterocycles. The van der Waals surface area contributed by atoms with Gasteiger partial charge < -0.3 is 15.2 Å². The Balaban J connectivity index is 1.60. The summed E-state index contributed by atoms with van der Waals surface area (Å²) in [5, 5.41) is 3.53. The molecule has 2 aromatic rings. The van der Waals surface area contributed by atoms with E-state index in [0.29, 0.717) is 5.56 Å². The van der Waals surface area contributed by atoms with Gasteiger partial charge in [-0.2, -0.15) is 13.2 Å². The fourth-order valence-corrected chi connectivity index (χ4v) is 3.41. The van der Waals surface area contributed by atoms with Crippen LogP contribution in [0.25, 0.3) is 10.9 Å². The Bertz CT molecular complexity index is 960. The number of fused-ring (bicyclic) bond motifs is 1. The van der Waals surface area contributed by atoms with E-state index in [1.165, 1.54) is 0 Å². The predicted molar refractivity (Wildman–Crippen MR) is 96.5 cm³/mol. The molecule has 150 valence electrons. The number of nitrogens with zero attached hydrogens (tertiary/aromatic N) is 1. The SMILES string of the molecule is Cc1cccc2cc(CNC(=O)C3CCN(C(=O)C(F)(F)F)CC3)c(=O)[nH]c12. The Labute approximate surface area is 158 Å². The van der Waals surface area contributed by atoms with Crippen LogP contribution in [0.3, 0.4) is 0 Å². The highest BCUT2D eigenvalue weighted by Crippen LogP contribution is 2.24. The molecule has 6 nitrogen and oxygen atoms in total. The summed E-state index contributed by atoms with van der Waals surface area (Å²) < 4.78 is 37.4. The van der Waals surface area contributed by atoms with Crippen LogP contribution in [0.15, 0.2) is 29.1 Å². The number of para-hydroxylation sites is 1. The van der Waals surface area contributed by atoms with Gasteiger partial charge in [-0.1, -0.05) is 18.2 Å². The summed E-state index contributed by atoms with van der Waals surface area (Å²) in [5.41, 5.74) is 1.78. The fraction of sp³-hybridized carbons (Fsp3) is 0.421. The van der Waals surface area contributed by atoms with E-state index in [1.807, 2.05) is 25.1 Å². The molecule has 1 fully saturated rings. The molecule has 3 rings (SSSR count). The number of alkyl halides is 3. The molecular weight excluding hydrogens is 375 g/mol. The van der Waals surface area contributed by atoms with E-state index in [9.17, 15) is 27.6 Å². The number of H-pyrrole nitrogens is 1. The van der Waals surface area contributed by atoms with E-state index in [4.69, 9.17) is 0 Å². The third-order valence-corrected chi connectivity index (χ3v) is 5.01. The van der Waals surface area contributed by atoms with Gasteiger partial charge in [-0.3, -0.25) is 14.4 Å². The van der Waals surface area contributed by atoms with E-state index in [-0.39, 0.29) is 43.9 Å². The topological polar surface area (TPSA) is 82.3 Å². The van der Waals surface area contributed by atoms with Crippen molar-refractivity contribution < 1.29 is 22.8 Å². The van der Waals surface area contributed by atoms with Crippen LogP contribution in [-0.2, 0) is 16.1 Å². The zero-order valence-electron chi connectivity index (χ0n) is 15.2. The van der Waals surface area contributed by atoms with Gasteiger partial charge in [-0.05, 0) is 36.8 Å². The van der Waals surface area contributed by atoms with Gasteiger partial charge in [0.05, 0.1) is 5.52 Å². The smallest absolute Gasteiger partial charge is 0.352 e. The van der Waals surface area contributed by atoms with Gasteiger partial charge in [0.15, 0.2) is 0 Å². The average Bonchev–Trinajstić information content (AvgIpc) is 2.66. The second-order valence-electron chi connectivity index (χ2n) is 6.94. The number of pyridine rings is 1. The van der Waals surface area contributed by atoms with Crippen LogP contribution >= 0.6 is 0 Å². The Kier molecular flexibility index (Phi) is 5.44. The van der Waals surface area contributed by atoms with Crippen molar-refractivity contribution in [2.24, 2.45) is 5.92 Å². The summed E-state index contributed by atoms with van der Waals surface area (Å²) in [5.74, 6) is -2.69. The van der Waals surface area contributed by atoms with Gasteiger partial charge in [-0.15, -0.1) is 0 Å². The quantitative estimate of drug-likeness (QED) is 0.836. The third-order valence-electron chi connectivity index (χ3n) is 5.01. The monoisotopic (exact) mass is 395 g/mol. The maximum atomic E-state index is 12.5. The summed E-state index contributed by atoms with van der Waals surface area (Å²) in [6.07, 6.45) is -4.59. The van der Waals surface area contributed by atoms with Crippen molar-refractivity contribution in [2.75, 3.05) is 13.1 Å². The molecule has 2 heterocycles. The van der Waals surface area contributed by atoms with Crippen molar-refractivity contribution in [3.8, 4) is 0 Å². The largest absolute Gasteiger partial charge is 0.471 e. The number of carbonyl (C=O) groups is 2. The Morgan fingerprint density at radius 2 is 1.93 bits per heavy atom. The van der Waals surface area contributed by atoms with Gasteiger partial charge in [0.1, 0.15) is 0 Å². The molecule has 0 atom stereocenters. The number of nitrogens with one attached hydrogen (secondary N) is 2. The zero-order chi connectivity index (χ0) is 20.5. The summed E-state index contributed by atoms with van der Waals surface area (Å²) in [7, 11) is 0. The molecule has 0 radical (unpaired) electrons. The van der Waals surface area contributed by atoms with Gasteiger partial charge in [0, 0.05) is 31.1 Å². The number of amides is 2. The van der Waals surface area contributed by atoms with Crippen LogP contribution in [0.5, 0.6) is 0 Å². The van der Waals surface area contributed by atoms with Crippen molar-refractivity contribution in [3.05, 3.63) is 45.7 Å². The molecule has 1 aromatic carbocycles. The first-order chi connectivity index (χ1) is 13.2. The zero-order valence-corrected chi connectivity index (χ0v) is 15.2. The lowest BCUT2D eigenvalue weighted by molar-refractivity contribution is -0.186. The molecule has 1 saturated heterocycles. The van der Waals surface area contributed by atoms with Crippen molar-refractivity contribution in [3.63, 3.8) is 0 Å².